The number of fused-ring (bicyclic) bond motifs is 3. The van der Waals surface area contributed by atoms with Gasteiger partial charge in [0, 0.05) is 28.4 Å². The van der Waals surface area contributed by atoms with E-state index in [0.717, 1.165) is 10.6 Å². The van der Waals surface area contributed by atoms with Crippen molar-refractivity contribution in [1.82, 2.24) is 0 Å². The number of hydrogen-bond donors (Lipinski definition) is 1. The minimum absolute atomic E-state index is 0.0281. The molecule has 1 fully saturated rings. The highest BCUT2D eigenvalue weighted by atomic mass is 32.2. The summed E-state index contributed by atoms with van der Waals surface area (Å²) in [7, 11) is -3.43. The van der Waals surface area contributed by atoms with Gasteiger partial charge in [0.25, 0.3) is 15.9 Å². The molecule has 2 aromatic carbocycles. The van der Waals surface area contributed by atoms with Gasteiger partial charge in [0.1, 0.15) is 6.61 Å². The van der Waals surface area contributed by atoms with Crippen molar-refractivity contribution in [1.29, 1.82) is 0 Å². The van der Waals surface area contributed by atoms with Crippen LogP contribution >= 0.6 is 11.8 Å². The molecule has 1 N–H and O–H groups in total. The van der Waals surface area contributed by atoms with E-state index in [1.54, 1.807) is 42.5 Å². The van der Waals surface area contributed by atoms with Crippen molar-refractivity contribution in [2.45, 2.75) is 4.90 Å². The number of nitrogens with zero attached hydrogens (tertiary/aromatic N) is 3. The Bertz CT molecular complexity index is 1210. The quantitative estimate of drug-likeness (QED) is 0.775. The van der Waals surface area contributed by atoms with E-state index in [0.29, 0.717) is 41.8 Å². The van der Waals surface area contributed by atoms with Gasteiger partial charge in [-0.2, -0.15) is 0 Å². The zero-order valence-corrected chi connectivity index (χ0v) is 17.2. The monoisotopic (exact) mass is 444 g/mol. The first-order valence-corrected chi connectivity index (χ1v) is 11.6. The molecule has 2 amide bonds. The molecule has 3 heterocycles. The topological polar surface area (TPSA) is 108 Å². The Labute approximate surface area is 176 Å². The lowest BCUT2D eigenvalue weighted by atomic mass is 10.1. The van der Waals surface area contributed by atoms with Crippen LogP contribution in [0.25, 0.3) is 0 Å². The third-order valence-corrected chi connectivity index (χ3v) is 7.22. The second kappa shape index (κ2) is 7.03. The summed E-state index contributed by atoms with van der Waals surface area (Å²) in [5.74, 6) is -0.335. The van der Waals surface area contributed by atoms with E-state index >= 15 is 0 Å². The van der Waals surface area contributed by atoms with Gasteiger partial charge >= 0.3 is 6.09 Å². The third kappa shape index (κ3) is 3.39. The van der Waals surface area contributed by atoms with Crippen LogP contribution in [0.3, 0.4) is 0 Å². The van der Waals surface area contributed by atoms with Crippen LogP contribution in [-0.4, -0.2) is 51.0 Å². The summed E-state index contributed by atoms with van der Waals surface area (Å²) in [6, 6.07) is 12.2. The van der Waals surface area contributed by atoms with Gasteiger partial charge in [-0.25, -0.2) is 13.2 Å². The zero-order valence-electron chi connectivity index (χ0n) is 15.6. The molecule has 0 saturated carbocycles. The Balaban J connectivity index is 1.36. The molecule has 0 bridgehead atoms. The number of nitrogens with one attached hydrogen (secondary N) is 1. The largest absolute Gasteiger partial charge is 0.447 e. The fourth-order valence-electron chi connectivity index (χ4n) is 3.45. The Morgan fingerprint density at radius 1 is 1.13 bits per heavy atom. The van der Waals surface area contributed by atoms with Crippen LogP contribution in [0, 0.1) is 0 Å². The molecule has 9 nitrogen and oxygen atoms in total. The van der Waals surface area contributed by atoms with Crippen LogP contribution in [0.15, 0.2) is 51.8 Å². The van der Waals surface area contributed by atoms with Gasteiger partial charge in [-0.15, -0.1) is 4.40 Å². The fourth-order valence-corrected chi connectivity index (χ4v) is 5.75. The van der Waals surface area contributed by atoms with E-state index in [1.165, 1.54) is 16.7 Å². The van der Waals surface area contributed by atoms with Crippen LogP contribution in [0.2, 0.25) is 0 Å². The minimum Gasteiger partial charge on any atom is -0.447 e. The number of amidine groups is 1. The van der Waals surface area contributed by atoms with Gasteiger partial charge in [0.15, 0.2) is 5.17 Å². The van der Waals surface area contributed by atoms with Gasteiger partial charge in [-0.05, 0) is 48.2 Å². The van der Waals surface area contributed by atoms with Crippen molar-refractivity contribution in [3.05, 3.63) is 48.0 Å². The molecule has 0 aromatic heterocycles. The standard InChI is InChI=1S/C19H16N4O5S2/c24-17(20-13-2-1-3-14(11-13)22-6-8-28-19(22)25)12-4-5-15-16(10-12)29-18-21-30(26,27)9-7-23(15)18/h1-5,10-11H,6-9H2,(H,20,24). The number of amides is 2. The number of rotatable bonds is 3. The predicted octanol–water partition coefficient (Wildman–Crippen LogP) is 2.51. The fraction of sp³-hybridized carbons (Fsp3) is 0.211. The van der Waals surface area contributed by atoms with E-state index in [1.807, 2.05) is 4.90 Å². The minimum atomic E-state index is -3.43. The molecule has 1 saturated heterocycles. The first-order chi connectivity index (χ1) is 14.4. The Hall–Kier alpha value is -3.05. The van der Waals surface area contributed by atoms with Gasteiger partial charge in [-0.1, -0.05) is 6.07 Å². The number of cyclic esters (lactones) is 1. The molecule has 0 radical (unpaired) electrons. The lowest BCUT2D eigenvalue weighted by Gasteiger charge is -2.22. The van der Waals surface area contributed by atoms with Crippen LogP contribution in [0.5, 0.6) is 0 Å². The average Bonchev–Trinajstić information content (AvgIpc) is 3.29. The van der Waals surface area contributed by atoms with Gasteiger partial charge < -0.3 is 15.0 Å². The Kier molecular flexibility index (Phi) is 4.44. The molecular formula is C19H16N4O5S2. The highest BCUT2D eigenvalue weighted by Gasteiger charge is 2.33. The number of thioether (sulfide) groups is 1. The molecular weight excluding hydrogens is 428 g/mol. The number of anilines is 3. The summed E-state index contributed by atoms with van der Waals surface area (Å²) in [4.78, 5) is 28.7. The van der Waals surface area contributed by atoms with Crippen molar-refractivity contribution in [3.8, 4) is 0 Å². The smallest absolute Gasteiger partial charge is 0.414 e. The molecule has 154 valence electrons. The number of hydrogen-bond acceptors (Lipinski definition) is 7. The first kappa shape index (κ1) is 18.9. The molecule has 30 heavy (non-hydrogen) atoms. The molecule has 0 unspecified atom stereocenters. The maximum atomic E-state index is 12.8. The summed E-state index contributed by atoms with van der Waals surface area (Å²) in [5, 5.41) is 3.25. The lowest BCUT2D eigenvalue weighted by Crippen LogP contribution is -2.35. The summed E-state index contributed by atoms with van der Waals surface area (Å²) in [6.45, 7) is 1.15. The van der Waals surface area contributed by atoms with Crippen molar-refractivity contribution in [3.63, 3.8) is 0 Å². The molecule has 11 heteroatoms. The Morgan fingerprint density at radius 2 is 2.00 bits per heavy atom. The van der Waals surface area contributed by atoms with E-state index in [4.69, 9.17) is 4.74 Å². The van der Waals surface area contributed by atoms with E-state index in [9.17, 15) is 18.0 Å². The third-order valence-electron chi connectivity index (χ3n) is 4.91. The normalized spacial score (nSPS) is 19.1. The summed E-state index contributed by atoms with van der Waals surface area (Å²) >= 11 is 1.24. The van der Waals surface area contributed by atoms with Crippen LogP contribution in [0.4, 0.5) is 21.9 Å². The molecule has 0 aliphatic carbocycles. The second-order valence-electron chi connectivity index (χ2n) is 6.87. The molecule has 2 aromatic rings. The summed E-state index contributed by atoms with van der Waals surface area (Å²) in [6.07, 6.45) is -0.407. The second-order valence-corrected chi connectivity index (χ2v) is 9.63. The SMILES string of the molecule is O=C(Nc1cccc(N2CCOC2=O)c1)c1ccc2c(c1)SC1=NS(=O)(=O)CCN12. The number of carbonyl (C=O) groups excluding carboxylic acids is 2. The highest BCUT2D eigenvalue weighted by Crippen LogP contribution is 2.42. The highest BCUT2D eigenvalue weighted by molar-refractivity contribution is 8.15. The maximum absolute atomic E-state index is 12.8. The summed E-state index contributed by atoms with van der Waals surface area (Å²) < 4.78 is 32.3. The van der Waals surface area contributed by atoms with Crippen molar-refractivity contribution in [2.75, 3.05) is 40.6 Å². The van der Waals surface area contributed by atoms with Crippen LogP contribution < -0.4 is 15.1 Å². The van der Waals surface area contributed by atoms with E-state index in [2.05, 4.69) is 9.71 Å². The first-order valence-electron chi connectivity index (χ1n) is 9.17. The van der Waals surface area contributed by atoms with Crippen molar-refractivity contribution < 1.29 is 22.7 Å². The lowest BCUT2D eigenvalue weighted by molar-refractivity contribution is 0.102. The molecule has 0 spiro atoms. The van der Waals surface area contributed by atoms with Gasteiger partial charge in [-0.3, -0.25) is 9.69 Å². The van der Waals surface area contributed by atoms with Crippen molar-refractivity contribution in [2.24, 2.45) is 4.40 Å². The average molecular weight is 444 g/mol. The number of sulfonamides is 1. The zero-order chi connectivity index (χ0) is 20.9. The Morgan fingerprint density at radius 3 is 2.80 bits per heavy atom. The van der Waals surface area contributed by atoms with E-state index < -0.39 is 16.1 Å². The number of ether oxygens (including phenoxy) is 1. The van der Waals surface area contributed by atoms with Gasteiger partial charge in [0.2, 0.25) is 0 Å². The predicted molar refractivity (Wildman–Crippen MR) is 114 cm³/mol. The number of benzene rings is 2. The molecule has 3 aliphatic rings. The maximum Gasteiger partial charge on any atom is 0.414 e. The van der Waals surface area contributed by atoms with Gasteiger partial charge in [0.05, 0.1) is 18.0 Å². The molecule has 3 aliphatic heterocycles. The number of carbonyl (C=O) groups is 2. The van der Waals surface area contributed by atoms with Crippen LogP contribution in [0.1, 0.15) is 10.4 Å². The molecule has 5 rings (SSSR count). The van der Waals surface area contributed by atoms with Crippen molar-refractivity contribution >= 4 is 56.0 Å². The summed E-state index contributed by atoms with van der Waals surface area (Å²) in [5.41, 5.74) is 2.49. The van der Waals surface area contributed by atoms with E-state index in [-0.39, 0.29) is 11.7 Å². The molecule has 0 atom stereocenters. The van der Waals surface area contributed by atoms with Crippen LogP contribution in [-0.2, 0) is 14.8 Å².